The summed E-state index contributed by atoms with van der Waals surface area (Å²) in [5, 5.41) is 0. The standard InChI is InChI=1S/C10H14FN.ClH/c1-10(2,12)7-8-3-5-9(11)6-4-8;/h3-6H,7,12H2,1-2H3;1H. The lowest BCUT2D eigenvalue weighted by Gasteiger charge is -2.17. The van der Waals surface area contributed by atoms with Crippen molar-refractivity contribution >= 4 is 12.4 Å². The maximum absolute atomic E-state index is 12.5. The van der Waals surface area contributed by atoms with E-state index in [0.29, 0.717) is 0 Å². The van der Waals surface area contributed by atoms with Crippen molar-refractivity contribution in [1.29, 1.82) is 0 Å². The van der Waals surface area contributed by atoms with Crippen molar-refractivity contribution in [3.8, 4) is 0 Å². The normalized spacial score (nSPS) is 10.8. The van der Waals surface area contributed by atoms with Crippen LogP contribution in [0, 0.1) is 5.82 Å². The van der Waals surface area contributed by atoms with Crippen molar-refractivity contribution in [3.05, 3.63) is 35.6 Å². The van der Waals surface area contributed by atoms with E-state index in [1.807, 2.05) is 13.8 Å². The van der Waals surface area contributed by atoms with Crippen molar-refractivity contribution in [1.82, 2.24) is 0 Å². The zero-order valence-corrected chi connectivity index (χ0v) is 8.70. The molecule has 0 aliphatic rings. The Balaban J connectivity index is 0.00000144. The van der Waals surface area contributed by atoms with Crippen LogP contribution < -0.4 is 5.73 Å². The average molecular weight is 204 g/mol. The molecular formula is C10H15ClFN. The predicted molar refractivity (Wildman–Crippen MR) is 55.6 cm³/mol. The molecule has 2 N–H and O–H groups in total. The van der Waals surface area contributed by atoms with E-state index < -0.39 is 0 Å². The van der Waals surface area contributed by atoms with Gasteiger partial charge in [-0.25, -0.2) is 4.39 Å². The lowest BCUT2D eigenvalue weighted by molar-refractivity contribution is 0.516. The largest absolute Gasteiger partial charge is 0.325 e. The van der Waals surface area contributed by atoms with Gasteiger partial charge in [0.25, 0.3) is 0 Å². The highest BCUT2D eigenvalue weighted by Crippen LogP contribution is 2.10. The number of hydrogen-bond donors (Lipinski definition) is 1. The first-order valence-corrected chi connectivity index (χ1v) is 4.01. The van der Waals surface area contributed by atoms with Crippen LogP contribution in [0.3, 0.4) is 0 Å². The Labute approximate surface area is 84.5 Å². The Kier molecular flexibility index (Phi) is 4.37. The Morgan fingerprint density at radius 3 is 2.08 bits per heavy atom. The van der Waals surface area contributed by atoms with Crippen LogP contribution in [-0.4, -0.2) is 5.54 Å². The van der Waals surface area contributed by atoms with Gasteiger partial charge in [-0.2, -0.15) is 0 Å². The van der Waals surface area contributed by atoms with Crippen LogP contribution in [0.15, 0.2) is 24.3 Å². The highest BCUT2D eigenvalue weighted by molar-refractivity contribution is 5.85. The van der Waals surface area contributed by atoms with Crippen molar-refractivity contribution in [2.75, 3.05) is 0 Å². The second kappa shape index (κ2) is 4.58. The third-order valence-corrected chi connectivity index (χ3v) is 1.57. The molecule has 0 saturated heterocycles. The summed E-state index contributed by atoms with van der Waals surface area (Å²) in [4.78, 5) is 0. The first-order chi connectivity index (χ1) is 5.47. The topological polar surface area (TPSA) is 26.0 Å². The molecule has 13 heavy (non-hydrogen) atoms. The first kappa shape index (κ1) is 12.4. The molecule has 0 atom stereocenters. The molecule has 0 radical (unpaired) electrons. The lowest BCUT2D eigenvalue weighted by atomic mass is 9.96. The molecule has 1 rings (SSSR count). The van der Waals surface area contributed by atoms with E-state index in [4.69, 9.17) is 5.73 Å². The van der Waals surface area contributed by atoms with Crippen LogP contribution in [0.4, 0.5) is 4.39 Å². The molecule has 0 fully saturated rings. The van der Waals surface area contributed by atoms with E-state index >= 15 is 0 Å². The highest BCUT2D eigenvalue weighted by atomic mass is 35.5. The maximum atomic E-state index is 12.5. The summed E-state index contributed by atoms with van der Waals surface area (Å²) in [5.41, 5.74) is 6.66. The minimum atomic E-state index is -0.224. The molecule has 0 aromatic heterocycles. The van der Waals surface area contributed by atoms with E-state index in [1.54, 1.807) is 12.1 Å². The second-order valence-corrected chi connectivity index (χ2v) is 3.79. The minimum absolute atomic E-state index is 0. The molecule has 1 nitrogen and oxygen atoms in total. The number of nitrogens with two attached hydrogens (primary N) is 1. The van der Waals surface area contributed by atoms with Crippen molar-refractivity contribution in [2.45, 2.75) is 25.8 Å². The third-order valence-electron chi connectivity index (χ3n) is 1.57. The predicted octanol–water partition coefficient (Wildman–Crippen LogP) is 2.53. The summed E-state index contributed by atoms with van der Waals surface area (Å²) >= 11 is 0. The summed E-state index contributed by atoms with van der Waals surface area (Å²) in [6.07, 6.45) is 0.771. The van der Waals surface area contributed by atoms with Crippen LogP contribution >= 0.6 is 12.4 Å². The zero-order valence-electron chi connectivity index (χ0n) is 7.88. The van der Waals surface area contributed by atoms with E-state index in [9.17, 15) is 4.39 Å². The van der Waals surface area contributed by atoms with Crippen LogP contribution in [0.25, 0.3) is 0 Å². The first-order valence-electron chi connectivity index (χ1n) is 4.01. The van der Waals surface area contributed by atoms with Crippen LogP contribution in [0.1, 0.15) is 19.4 Å². The fraction of sp³-hybridized carbons (Fsp3) is 0.400. The summed E-state index contributed by atoms with van der Waals surface area (Å²) in [6.45, 7) is 3.91. The average Bonchev–Trinajstić information content (AvgIpc) is 1.91. The quantitative estimate of drug-likeness (QED) is 0.786. The van der Waals surface area contributed by atoms with Gasteiger partial charge in [0.05, 0.1) is 0 Å². The molecule has 0 amide bonds. The Hall–Kier alpha value is -0.600. The van der Waals surface area contributed by atoms with Gasteiger partial charge < -0.3 is 5.73 Å². The second-order valence-electron chi connectivity index (χ2n) is 3.79. The Bertz CT molecular complexity index is 251. The molecule has 74 valence electrons. The van der Waals surface area contributed by atoms with Crippen LogP contribution in [-0.2, 0) is 6.42 Å². The molecule has 0 spiro atoms. The van der Waals surface area contributed by atoms with E-state index in [-0.39, 0.29) is 23.8 Å². The number of hydrogen-bond acceptors (Lipinski definition) is 1. The van der Waals surface area contributed by atoms with Gasteiger partial charge >= 0.3 is 0 Å². The third kappa shape index (κ3) is 4.86. The van der Waals surface area contributed by atoms with Gasteiger partial charge in [0.15, 0.2) is 0 Å². The van der Waals surface area contributed by atoms with Crippen LogP contribution in [0.2, 0.25) is 0 Å². The van der Waals surface area contributed by atoms with Crippen LogP contribution in [0.5, 0.6) is 0 Å². The highest BCUT2D eigenvalue weighted by Gasteiger charge is 2.10. The molecule has 1 aromatic rings. The number of rotatable bonds is 2. The van der Waals surface area contributed by atoms with E-state index in [2.05, 4.69) is 0 Å². The monoisotopic (exact) mass is 203 g/mol. The van der Waals surface area contributed by atoms with Gasteiger partial charge in [-0.05, 0) is 38.0 Å². The summed E-state index contributed by atoms with van der Waals surface area (Å²) in [6, 6.07) is 6.45. The molecule has 0 aliphatic heterocycles. The van der Waals surface area contributed by atoms with Crippen molar-refractivity contribution < 1.29 is 4.39 Å². The van der Waals surface area contributed by atoms with Crippen molar-refractivity contribution in [3.63, 3.8) is 0 Å². The summed E-state index contributed by atoms with van der Waals surface area (Å²) in [5.74, 6) is -0.200. The van der Waals surface area contributed by atoms with Gasteiger partial charge in [0.1, 0.15) is 5.82 Å². The SMILES string of the molecule is CC(C)(N)Cc1ccc(F)cc1.Cl. The smallest absolute Gasteiger partial charge is 0.123 e. The molecule has 0 bridgehead atoms. The van der Waals surface area contributed by atoms with E-state index in [1.165, 1.54) is 12.1 Å². The molecule has 1 aromatic carbocycles. The summed E-state index contributed by atoms with van der Waals surface area (Å²) in [7, 11) is 0. The fourth-order valence-corrected chi connectivity index (χ4v) is 1.13. The van der Waals surface area contributed by atoms with Gasteiger partial charge in [-0.15, -0.1) is 12.4 Å². The van der Waals surface area contributed by atoms with Crippen molar-refractivity contribution in [2.24, 2.45) is 5.73 Å². The van der Waals surface area contributed by atoms with Gasteiger partial charge in [0, 0.05) is 5.54 Å². The Morgan fingerprint density at radius 1 is 1.23 bits per heavy atom. The molecule has 0 unspecified atom stereocenters. The molecular weight excluding hydrogens is 189 g/mol. The zero-order chi connectivity index (χ0) is 9.19. The van der Waals surface area contributed by atoms with E-state index in [0.717, 1.165) is 12.0 Å². The lowest BCUT2D eigenvalue weighted by Crippen LogP contribution is -2.34. The number of benzene rings is 1. The van der Waals surface area contributed by atoms with Gasteiger partial charge in [0.2, 0.25) is 0 Å². The molecule has 0 aliphatic carbocycles. The molecule has 0 saturated carbocycles. The van der Waals surface area contributed by atoms with Gasteiger partial charge in [-0.1, -0.05) is 12.1 Å². The maximum Gasteiger partial charge on any atom is 0.123 e. The Morgan fingerprint density at radius 2 is 1.69 bits per heavy atom. The summed E-state index contributed by atoms with van der Waals surface area (Å²) < 4.78 is 12.5. The minimum Gasteiger partial charge on any atom is -0.325 e. The molecule has 3 heteroatoms. The fourth-order valence-electron chi connectivity index (χ4n) is 1.13. The number of halogens is 2. The molecule has 0 heterocycles. The van der Waals surface area contributed by atoms with Gasteiger partial charge in [-0.3, -0.25) is 0 Å².